The van der Waals surface area contributed by atoms with Gasteiger partial charge in [0.05, 0.1) is 27.3 Å². The predicted octanol–water partition coefficient (Wildman–Crippen LogP) is 5.98. The van der Waals surface area contributed by atoms with Crippen LogP contribution < -0.4 is 5.32 Å². The van der Waals surface area contributed by atoms with E-state index in [0.29, 0.717) is 39.7 Å². The lowest BCUT2D eigenvalue weighted by molar-refractivity contribution is 0.357. The van der Waals surface area contributed by atoms with Crippen LogP contribution in [-0.4, -0.2) is 28.4 Å². The van der Waals surface area contributed by atoms with Gasteiger partial charge in [-0.05, 0) is 37.0 Å². The summed E-state index contributed by atoms with van der Waals surface area (Å²) in [6.07, 6.45) is 7.78. The SMILES string of the molecule is CC1CCCC(Nc2ncc(Cl)c(-c3cn(S(=O)(=O)c4ccccc4)c4ccccc34)n2)C1. The number of anilines is 1. The molecule has 0 bridgehead atoms. The molecule has 5 rings (SSSR count). The number of aromatic nitrogens is 3. The van der Waals surface area contributed by atoms with Gasteiger partial charge in [0.1, 0.15) is 0 Å². The van der Waals surface area contributed by atoms with E-state index >= 15 is 0 Å². The highest BCUT2D eigenvalue weighted by Crippen LogP contribution is 2.36. The molecule has 33 heavy (non-hydrogen) atoms. The minimum absolute atomic E-state index is 0.222. The van der Waals surface area contributed by atoms with Gasteiger partial charge >= 0.3 is 0 Å². The summed E-state index contributed by atoms with van der Waals surface area (Å²) in [6, 6.07) is 16.1. The van der Waals surface area contributed by atoms with Crippen molar-refractivity contribution in [3.63, 3.8) is 0 Å². The Balaban J connectivity index is 1.60. The fraction of sp³-hybridized carbons (Fsp3) is 0.280. The van der Waals surface area contributed by atoms with E-state index in [1.807, 2.05) is 18.2 Å². The van der Waals surface area contributed by atoms with Crippen molar-refractivity contribution >= 4 is 38.5 Å². The van der Waals surface area contributed by atoms with E-state index in [9.17, 15) is 8.42 Å². The van der Waals surface area contributed by atoms with Gasteiger partial charge in [0.15, 0.2) is 0 Å². The summed E-state index contributed by atoms with van der Waals surface area (Å²) in [5, 5.41) is 4.59. The van der Waals surface area contributed by atoms with Gasteiger partial charge in [-0.1, -0.05) is 67.8 Å². The third kappa shape index (κ3) is 4.23. The summed E-state index contributed by atoms with van der Waals surface area (Å²) in [7, 11) is -3.79. The van der Waals surface area contributed by atoms with Crippen LogP contribution in [0.25, 0.3) is 22.2 Å². The molecule has 2 aromatic carbocycles. The van der Waals surface area contributed by atoms with Gasteiger partial charge < -0.3 is 5.32 Å². The molecule has 6 nitrogen and oxygen atoms in total. The lowest BCUT2D eigenvalue weighted by Crippen LogP contribution is -2.27. The first kappa shape index (κ1) is 21.9. The molecular formula is C25H25ClN4O2S. The summed E-state index contributed by atoms with van der Waals surface area (Å²) >= 11 is 6.53. The predicted molar refractivity (Wildman–Crippen MR) is 132 cm³/mol. The normalized spacial score (nSPS) is 19.0. The Kier molecular flexibility index (Phi) is 5.85. The molecule has 1 fully saturated rings. The van der Waals surface area contributed by atoms with E-state index in [-0.39, 0.29) is 4.90 Å². The number of rotatable bonds is 5. The molecule has 0 spiro atoms. The van der Waals surface area contributed by atoms with Gasteiger partial charge in [0.2, 0.25) is 5.95 Å². The van der Waals surface area contributed by atoms with E-state index in [0.717, 1.165) is 18.2 Å². The Bertz CT molecular complexity index is 1400. The number of fused-ring (bicyclic) bond motifs is 1. The highest BCUT2D eigenvalue weighted by molar-refractivity contribution is 7.90. The first-order chi connectivity index (χ1) is 15.9. The monoisotopic (exact) mass is 480 g/mol. The molecule has 1 saturated carbocycles. The number of benzene rings is 2. The van der Waals surface area contributed by atoms with E-state index in [1.165, 1.54) is 16.8 Å². The molecule has 8 heteroatoms. The Morgan fingerprint density at radius 1 is 1.06 bits per heavy atom. The second kappa shape index (κ2) is 8.80. The molecule has 2 unspecified atom stereocenters. The molecule has 2 aromatic heterocycles. The van der Waals surface area contributed by atoms with Crippen LogP contribution in [0.4, 0.5) is 5.95 Å². The van der Waals surface area contributed by atoms with Crippen molar-refractivity contribution in [3.05, 3.63) is 72.0 Å². The zero-order valence-corrected chi connectivity index (χ0v) is 19.9. The minimum atomic E-state index is -3.79. The summed E-state index contributed by atoms with van der Waals surface area (Å²) < 4.78 is 28.2. The van der Waals surface area contributed by atoms with E-state index in [4.69, 9.17) is 16.6 Å². The summed E-state index contributed by atoms with van der Waals surface area (Å²) in [6.45, 7) is 2.27. The van der Waals surface area contributed by atoms with Crippen molar-refractivity contribution < 1.29 is 8.42 Å². The van der Waals surface area contributed by atoms with Crippen LogP contribution in [0.1, 0.15) is 32.6 Å². The van der Waals surface area contributed by atoms with Crippen molar-refractivity contribution in [2.24, 2.45) is 5.92 Å². The Morgan fingerprint density at radius 3 is 2.61 bits per heavy atom. The quantitative estimate of drug-likeness (QED) is 0.380. The topological polar surface area (TPSA) is 76.9 Å². The van der Waals surface area contributed by atoms with E-state index in [2.05, 4.69) is 17.2 Å². The molecule has 2 atom stereocenters. The molecule has 1 aliphatic rings. The van der Waals surface area contributed by atoms with Gasteiger partial charge in [-0.2, -0.15) is 0 Å². The third-order valence-corrected chi connectivity index (χ3v) is 8.21. The molecule has 4 aromatic rings. The number of nitrogens with one attached hydrogen (secondary N) is 1. The minimum Gasteiger partial charge on any atom is -0.351 e. The van der Waals surface area contributed by atoms with Gasteiger partial charge in [-0.25, -0.2) is 22.4 Å². The van der Waals surface area contributed by atoms with E-state index < -0.39 is 10.0 Å². The van der Waals surface area contributed by atoms with Crippen LogP contribution in [0.2, 0.25) is 5.02 Å². The second-order valence-corrected chi connectivity index (χ2v) is 10.9. The fourth-order valence-electron chi connectivity index (χ4n) is 4.62. The number of para-hydroxylation sites is 1. The third-order valence-electron chi connectivity index (χ3n) is 6.25. The number of halogens is 1. The molecule has 1 N–H and O–H groups in total. The lowest BCUT2D eigenvalue weighted by atomic mass is 9.87. The van der Waals surface area contributed by atoms with Gasteiger partial charge in [0, 0.05) is 23.2 Å². The zero-order chi connectivity index (χ0) is 23.0. The number of hydrogen-bond acceptors (Lipinski definition) is 5. The molecule has 2 heterocycles. The first-order valence-corrected chi connectivity index (χ1v) is 13.0. The van der Waals surface area contributed by atoms with Crippen molar-refractivity contribution in [1.29, 1.82) is 0 Å². The molecule has 0 aliphatic heterocycles. The van der Waals surface area contributed by atoms with E-state index in [1.54, 1.807) is 48.8 Å². The Morgan fingerprint density at radius 2 is 1.82 bits per heavy atom. The van der Waals surface area contributed by atoms with Crippen LogP contribution in [0, 0.1) is 5.92 Å². The Labute approximate surface area is 198 Å². The Hall–Kier alpha value is -2.90. The fourth-order valence-corrected chi connectivity index (χ4v) is 6.20. The molecule has 1 aliphatic carbocycles. The van der Waals surface area contributed by atoms with Gasteiger partial charge in [0.25, 0.3) is 10.0 Å². The highest BCUT2D eigenvalue weighted by Gasteiger charge is 2.24. The molecule has 170 valence electrons. The molecular weight excluding hydrogens is 456 g/mol. The smallest absolute Gasteiger partial charge is 0.268 e. The highest BCUT2D eigenvalue weighted by atomic mass is 35.5. The van der Waals surface area contributed by atoms with Crippen molar-refractivity contribution in [3.8, 4) is 11.3 Å². The van der Waals surface area contributed by atoms with Crippen molar-refractivity contribution in [2.75, 3.05) is 5.32 Å². The maximum atomic E-state index is 13.4. The summed E-state index contributed by atoms with van der Waals surface area (Å²) in [5.41, 5.74) is 1.73. The average Bonchev–Trinajstić information content (AvgIpc) is 3.21. The lowest BCUT2D eigenvalue weighted by Gasteiger charge is -2.27. The summed E-state index contributed by atoms with van der Waals surface area (Å²) in [5.74, 6) is 1.18. The maximum absolute atomic E-state index is 13.4. The van der Waals surface area contributed by atoms with Crippen LogP contribution >= 0.6 is 11.6 Å². The van der Waals surface area contributed by atoms with Gasteiger partial charge in [-0.3, -0.25) is 0 Å². The van der Waals surface area contributed by atoms with Crippen LogP contribution in [0.5, 0.6) is 0 Å². The first-order valence-electron chi connectivity index (χ1n) is 11.1. The zero-order valence-electron chi connectivity index (χ0n) is 18.3. The second-order valence-electron chi connectivity index (χ2n) is 8.68. The molecule has 0 saturated heterocycles. The molecule has 0 amide bonds. The van der Waals surface area contributed by atoms with Crippen LogP contribution in [0.3, 0.4) is 0 Å². The number of nitrogens with zero attached hydrogens (tertiary/aromatic N) is 3. The molecule has 0 radical (unpaired) electrons. The van der Waals surface area contributed by atoms with Crippen LogP contribution in [-0.2, 0) is 10.0 Å². The van der Waals surface area contributed by atoms with Crippen molar-refractivity contribution in [1.82, 2.24) is 13.9 Å². The van der Waals surface area contributed by atoms with Gasteiger partial charge in [-0.15, -0.1) is 0 Å². The summed E-state index contributed by atoms with van der Waals surface area (Å²) in [4.78, 5) is 9.33. The maximum Gasteiger partial charge on any atom is 0.268 e. The standard InChI is InChI=1S/C25H25ClN4O2S/c1-17-8-7-9-18(14-17)28-25-27-15-22(26)24(29-25)21-16-30(23-13-6-5-12-20(21)23)33(31,32)19-10-3-2-4-11-19/h2-6,10-13,15-18H,7-9,14H2,1H3,(H,27,28,29). The largest absolute Gasteiger partial charge is 0.351 e. The van der Waals surface area contributed by atoms with Crippen LogP contribution in [0.15, 0.2) is 71.9 Å². The average molecular weight is 481 g/mol. The van der Waals surface area contributed by atoms with Crippen molar-refractivity contribution in [2.45, 2.75) is 43.5 Å². The number of hydrogen-bond donors (Lipinski definition) is 1.